The summed E-state index contributed by atoms with van der Waals surface area (Å²) in [4.78, 5) is 0. The van der Waals surface area contributed by atoms with E-state index in [4.69, 9.17) is 0 Å². The highest BCUT2D eigenvalue weighted by molar-refractivity contribution is 5.37. The van der Waals surface area contributed by atoms with Gasteiger partial charge in [0, 0.05) is 17.8 Å². The molecule has 2 N–H and O–H groups in total. The van der Waals surface area contributed by atoms with Gasteiger partial charge in [-0.1, -0.05) is 34.6 Å². The molecule has 0 heterocycles. The van der Waals surface area contributed by atoms with Crippen molar-refractivity contribution in [3.8, 4) is 0 Å². The lowest BCUT2D eigenvalue weighted by Gasteiger charge is -2.37. The van der Waals surface area contributed by atoms with E-state index < -0.39 is 40.3 Å². The Balaban J connectivity index is 1.71. The zero-order chi connectivity index (χ0) is 14.6. The van der Waals surface area contributed by atoms with Crippen molar-refractivity contribution in [1.82, 2.24) is 0 Å². The number of fused-ring (bicyclic) bond motifs is 1. The molecule has 110 valence electrons. The van der Waals surface area contributed by atoms with Crippen LogP contribution in [0.15, 0.2) is 0 Å². The molecule has 0 aromatic carbocycles. The fourth-order valence-electron chi connectivity index (χ4n) is 4.31. The third kappa shape index (κ3) is 1.37. The summed E-state index contributed by atoms with van der Waals surface area (Å²) in [5.41, 5.74) is -3.36. The van der Waals surface area contributed by atoms with E-state index in [1.165, 1.54) is 0 Å². The Morgan fingerprint density at radius 2 is 1.42 bits per heavy atom. The minimum atomic E-state index is -1.31. The lowest BCUT2D eigenvalue weighted by Crippen LogP contribution is -2.42. The van der Waals surface area contributed by atoms with E-state index in [2.05, 4.69) is 0 Å². The van der Waals surface area contributed by atoms with Crippen LogP contribution in [0.1, 0.15) is 41.0 Å². The normalized spacial score (nSPS) is 55.7. The van der Waals surface area contributed by atoms with Gasteiger partial charge in [-0.15, -0.1) is 0 Å². The van der Waals surface area contributed by atoms with Crippen LogP contribution in [-0.2, 0) is 0 Å². The second kappa shape index (κ2) is 3.16. The Bertz CT molecular complexity index is 418. The van der Waals surface area contributed by atoms with Gasteiger partial charge < -0.3 is 10.2 Å². The van der Waals surface area contributed by atoms with Crippen molar-refractivity contribution in [2.75, 3.05) is 0 Å². The molecule has 5 atom stereocenters. The number of aliphatic hydroxyl groups is 2. The largest absolute Gasteiger partial charge is 0.388 e. The smallest absolute Gasteiger partial charge is 0.135 e. The topological polar surface area (TPSA) is 40.5 Å². The van der Waals surface area contributed by atoms with E-state index in [1.807, 2.05) is 34.6 Å². The molecule has 4 heteroatoms. The predicted octanol–water partition coefficient (Wildman–Crippen LogP) is 2.48. The summed E-state index contributed by atoms with van der Waals surface area (Å²) in [5.74, 6) is -0.950. The number of hydrogen-bond acceptors (Lipinski definition) is 2. The van der Waals surface area contributed by atoms with Crippen LogP contribution in [0.5, 0.6) is 0 Å². The highest BCUT2D eigenvalue weighted by Gasteiger charge is 2.89. The Hall–Kier alpha value is -0.220. The quantitative estimate of drug-likeness (QED) is 0.830. The van der Waals surface area contributed by atoms with Crippen LogP contribution in [0.3, 0.4) is 0 Å². The second-order valence-electron chi connectivity index (χ2n) is 8.49. The molecule has 0 radical (unpaired) electrons. The average Bonchev–Trinajstić information content (AvgIpc) is 3.17. The summed E-state index contributed by atoms with van der Waals surface area (Å²) in [6.45, 7) is 9.20. The molecule has 0 spiro atoms. The van der Waals surface area contributed by atoms with Gasteiger partial charge in [0.2, 0.25) is 0 Å². The van der Waals surface area contributed by atoms with Gasteiger partial charge in [0.15, 0.2) is 0 Å². The average molecular weight is 274 g/mol. The monoisotopic (exact) mass is 274 g/mol. The zero-order valence-corrected chi connectivity index (χ0v) is 12.2. The van der Waals surface area contributed by atoms with Crippen LogP contribution in [0.2, 0.25) is 0 Å². The fourth-order valence-corrected chi connectivity index (χ4v) is 4.31. The standard InChI is InChI=1S/C15H24F2O2/c1-12(2,3)14(18)7(11(14)17)6-13(4,5)15(19)8-9(15)10(8)16/h7-11,18-19H,6H2,1-5H3. The van der Waals surface area contributed by atoms with Crippen LogP contribution < -0.4 is 0 Å². The van der Waals surface area contributed by atoms with Gasteiger partial charge in [-0.2, -0.15) is 0 Å². The van der Waals surface area contributed by atoms with E-state index in [-0.39, 0.29) is 11.8 Å². The molecule has 2 nitrogen and oxygen atoms in total. The van der Waals surface area contributed by atoms with Crippen molar-refractivity contribution < 1.29 is 19.0 Å². The molecule has 0 amide bonds. The van der Waals surface area contributed by atoms with E-state index in [1.54, 1.807) is 0 Å². The van der Waals surface area contributed by atoms with Gasteiger partial charge in [-0.25, -0.2) is 8.78 Å². The molecule has 3 rings (SSSR count). The summed E-state index contributed by atoms with van der Waals surface area (Å²) in [6.07, 6.45) is -1.71. The van der Waals surface area contributed by atoms with E-state index >= 15 is 0 Å². The van der Waals surface area contributed by atoms with Crippen molar-refractivity contribution in [2.24, 2.45) is 28.6 Å². The molecule has 0 saturated heterocycles. The van der Waals surface area contributed by atoms with Crippen molar-refractivity contribution in [2.45, 2.75) is 64.6 Å². The van der Waals surface area contributed by atoms with Crippen molar-refractivity contribution in [1.29, 1.82) is 0 Å². The SMILES string of the molecule is CC(C)(C)C1(O)C(F)C1CC(C)(C)C1(O)C2C(F)C21. The Kier molecular flexibility index (Phi) is 2.29. The first-order valence-corrected chi connectivity index (χ1v) is 7.13. The second-order valence-corrected chi connectivity index (χ2v) is 8.49. The molecule has 0 bridgehead atoms. The lowest BCUT2D eigenvalue weighted by molar-refractivity contribution is -0.0609. The van der Waals surface area contributed by atoms with Gasteiger partial charge in [-0.3, -0.25) is 0 Å². The molecular weight excluding hydrogens is 250 g/mol. The number of alkyl halides is 2. The van der Waals surface area contributed by atoms with Gasteiger partial charge in [0.1, 0.15) is 17.9 Å². The predicted molar refractivity (Wildman–Crippen MR) is 68.0 cm³/mol. The molecule has 3 aliphatic rings. The molecule has 0 aromatic rings. The molecular formula is C15H24F2O2. The summed E-state index contributed by atoms with van der Waals surface area (Å²) >= 11 is 0. The number of hydrogen-bond donors (Lipinski definition) is 2. The number of halogens is 2. The van der Waals surface area contributed by atoms with Gasteiger partial charge in [-0.05, 0) is 17.3 Å². The summed E-state index contributed by atoms with van der Waals surface area (Å²) in [5, 5.41) is 20.9. The fraction of sp³-hybridized carbons (Fsp3) is 1.00. The summed E-state index contributed by atoms with van der Waals surface area (Å²) < 4.78 is 27.1. The first-order valence-electron chi connectivity index (χ1n) is 7.13. The molecule has 3 saturated carbocycles. The highest BCUT2D eigenvalue weighted by atomic mass is 19.1. The lowest BCUT2D eigenvalue weighted by atomic mass is 9.72. The Morgan fingerprint density at radius 1 is 0.947 bits per heavy atom. The third-order valence-electron chi connectivity index (χ3n) is 6.09. The Labute approximate surface area is 113 Å². The molecule has 3 fully saturated rings. The maximum absolute atomic E-state index is 14.0. The minimum absolute atomic E-state index is 0.248. The zero-order valence-electron chi connectivity index (χ0n) is 12.2. The van der Waals surface area contributed by atoms with Gasteiger partial charge >= 0.3 is 0 Å². The summed E-state index contributed by atoms with van der Waals surface area (Å²) in [6, 6.07) is 0. The van der Waals surface area contributed by atoms with Crippen LogP contribution in [-0.4, -0.2) is 33.8 Å². The molecule has 0 aromatic heterocycles. The highest BCUT2D eigenvalue weighted by Crippen LogP contribution is 2.79. The summed E-state index contributed by atoms with van der Waals surface area (Å²) in [7, 11) is 0. The van der Waals surface area contributed by atoms with Crippen molar-refractivity contribution in [3.63, 3.8) is 0 Å². The number of rotatable bonds is 3. The van der Waals surface area contributed by atoms with Gasteiger partial charge in [0.05, 0.1) is 5.60 Å². The van der Waals surface area contributed by atoms with Crippen LogP contribution in [0.4, 0.5) is 8.78 Å². The molecule has 0 aliphatic heterocycles. The maximum Gasteiger partial charge on any atom is 0.135 e. The van der Waals surface area contributed by atoms with Crippen molar-refractivity contribution >= 4 is 0 Å². The van der Waals surface area contributed by atoms with Crippen LogP contribution in [0.25, 0.3) is 0 Å². The third-order valence-corrected chi connectivity index (χ3v) is 6.09. The van der Waals surface area contributed by atoms with E-state index in [0.717, 1.165) is 0 Å². The first-order chi connectivity index (χ1) is 8.40. The molecule has 3 aliphatic carbocycles. The Morgan fingerprint density at radius 3 is 1.74 bits per heavy atom. The van der Waals surface area contributed by atoms with E-state index in [0.29, 0.717) is 6.42 Å². The molecule has 19 heavy (non-hydrogen) atoms. The van der Waals surface area contributed by atoms with E-state index in [9.17, 15) is 19.0 Å². The van der Waals surface area contributed by atoms with Crippen LogP contribution in [0, 0.1) is 28.6 Å². The van der Waals surface area contributed by atoms with Crippen molar-refractivity contribution in [3.05, 3.63) is 0 Å². The molecule has 5 unspecified atom stereocenters. The first kappa shape index (κ1) is 13.7. The van der Waals surface area contributed by atoms with Crippen LogP contribution >= 0.6 is 0 Å². The maximum atomic E-state index is 14.0. The van der Waals surface area contributed by atoms with Gasteiger partial charge in [0.25, 0.3) is 0 Å². The minimum Gasteiger partial charge on any atom is -0.388 e.